The van der Waals surface area contributed by atoms with Crippen LogP contribution in [0.2, 0.25) is 0 Å². The van der Waals surface area contributed by atoms with Gasteiger partial charge in [-0.3, -0.25) is 20.2 Å². The number of rotatable bonds is 8. The molecular formula is C18H16Cl4N2O4S. The lowest BCUT2D eigenvalue weighted by molar-refractivity contribution is -0.386. The molecule has 2 atom stereocenters. The first-order valence-electron chi connectivity index (χ1n) is 8.18. The van der Waals surface area contributed by atoms with Gasteiger partial charge in [-0.2, -0.15) is 0 Å². The van der Waals surface area contributed by atoms with Crippen molar-refractivity contribution in [2.45, 2.75) is 33.4 Å². The molecule has 0 aliphatic heterocycles. The van der Waals surface area contributed by atoms with Crippen molar-refractivity contribution in [3.8, 4) is 0 Å². The van der Waals surface area contributed by atoms with Gasteiger partial charge in [0.2, 0.25) is 0 Å². The van der Waals surface area contributed by atoms with Gasteiger partial charge >= 0.3 is 0 Å². The Morgan fingerprint density at radius 1 is 0.828 bits per heavy atom. The second-order valence-electron chi connectivity index (χ2n) is 6.64. The quantitative estimate of drug-likeness (QED) is 0.221. The van der Waals surface area contributed by atoms with E-state index in [1.165, 1.54) is 12.1 Å². The van der Waals surface area contributed by atoms with Gasteiger partial charge in [0.25, 0.3) is 11.4 Å². The van der Waals surface area contributed by atoms with Crippen LogP contribution >= 0.6 is 58.2 Å². The first-order chi connectivity index (χ1) is 13.4. The predicted octanol–water partition coefficient (Wildman–Crippen LogP) is 7.04. The molecular weight excluding hydrogens is 482 g/mol. The topological polar surface area (TPSA) is 86.3 Å². The number of hydrogen-bond acceptors (Lipinski definition) is 5. The van der Waals surface area contributed by atoms with E-state index in [0.717, 1.165) is 11.8 Å². The summed E-state index contributed by atoms with van der Waals surface area (Å²) in [6.07, 6.45) is 0. The summed E-state index contributed by atoms with van der Waals surface area (Å²) in [4.78, 5) is 20.8. The fraction of sp³-hybridized carbons (Fsp3) is 0.333. The van der Waals surface area contributed by atoms with E-state index in [-0.39, 0.29) is 23.1 Å². The molecule has 0 aromatic heterocycles. The second kappa shape index (κ2) is 9.27. The van der Waals surface area contributed by atoms with E-state index >= 15 is 0 Å². The Balaban J connectivity index is 2.47. The zero-order valence-corrected chi connectivity index (χ0v) is 19.2. The number of benzene rings is 2. The van der Waals surface area contributed by atoms with Gasteiger partial charge in [-0.15, -0.1) is 46.4 Å². The molecule has 0 heterocycles. The maximum absolute atomic E-state index is 11.5. The molecule has 2 rings (SSSR count). The molecule has 0 radical (unpaired) electrons. The molecule has 2 aromatic rings. The zero-order valence-electron chi connectivity index (χ0n) is 15.3. The normalized spacial score (nSPS) is 15.4. The van der Waals surface area contributed by atoms with E-state index in [2.05, 4.69) is 0 Å². The molecule has 2 unspecified atom stereocenters. The monoisotopic (exact) mass is 496 g/mol. The van der Waals surface area contributed by atoms with Gasteiger partial charge in [-0.1, -0.05) is 11.8 Å². The minimum Gasteiger partial charge on any atom is -0.258 e. The molecule has 0 amide bonds. The minimum atomic E-state index is -1.10. The van der Waals surface area contributed by atoms with Crippen molar-refractivity contribution in [1.82, 2.24) is 0 Å². The Kier molecular flexibility index (Phi) is 7.68. The molecule has 0 fully saturated rings. The van der Waals surface area contributed by atoms with E-state index in [1.807, 2.05) is 0 Å². The Bertz CT molecular complexity index is 878. The van der Waals surface area contributed by atoms with E-state index in [4.69, 9.17) is 46.4 Å². The van der Waals surface area contributed by atoms with Crippen LogP contribution in [0.5, 0.6) is 0 Å². The van der Waals surface area contributed by atoms with Crippen LogP contribution in [0.1, 0.15) is 25.0 Å². The van der Waals surface area contributed by atoms with Crippen molar-refractivity contribution in [3.63, 3.8) is 0 Å². The highest BCUT2D eigenvalue weighted by molar-refractivity contribution is 7.99. The second-order valence-corrected chi connectivity index (χ2v) is 9.99. The summed E-state index contributed by atoms with van der Waals surface area (Å²) in [5.74, 6) is -0.0133. The molecule has 0 saturated heterocycles. The maximum atomic E-state index is 11.5. The summed E-state index contributed by atoms with van der Waals surface area (Å²) in [7, 11) is 0. The molecule has 6 nitrogen and oxygen atoms in total. The molecule has 2 aromatic carbocycles. The third-order valence-corrected chi connectivity index (χ3v) is 7.19. The largest absolute Gasteiger partial charge is 0.275 e. The molecule has 0 aliphatic rings. The predicted molar refractivity (Wildman–Crippen MR) is 118 cm³/mol. The smallest absolute Gasteiger partial charge is 0.258 e. The number of halogens is 4. The molecule has 0 saturated carbocycles. The lowest BCUT2D eigenvalue weighted by atomic mass is 10.0. The minimum absolute atomic E-state index is 0.00664. The molecule has 0 N–H and O–H groups in total. The van der Waals surface area contributed by atoms with Gasteiger partial charge in [-0.25, -0.2) is 0 Å². The van der Waals surface area contributed by atoms with Crippen LogP contribution in [0, 0.1) is 20.2 Å². The van der Waals surface area contributed by atoms with Crippen molar-refractivity contribution in [2.24, 2.45) is 0 Å². The fourth-order valence-electron chi connectivity index (χ4n) is 2.61. The van der Waals surface area contributed by atoms with E-state index in [9.17, 15) is 20.2 Å². The van der Waals surface area contributed by atoms with E-state index in [0.29, 0.717) is 20.9 Å². The first kappa shape index (κ1) is 24.0. The average molecular weight is 498 g/mol. The molecule has 11 heteroatoms. The first-order valence-corrected chi connectivity index (χ1v) is 10.8. The summed E-state index contributed by atoms with van der Waals surface area (Å²) < 4.78 is 0. The SMILES string of the molecule is CC(Cl)(CCl)c1ccc(Sc2ccc(C(C)(Cl)CCl)c([N+](=O)[O-])c2)cc1[N+](=O)[O-]. The van der Waals surface area contributed by atoms with Crippen molar-refractivity contribution >= 4 is 69.5 Å². The zero-order chi connectivity index (χ0) is 22.0. The average Bonchev–Trinajstić information content (AvgIpc) is 2.67. The van der Waals surface area contributed by atoms with Crippen molar-refractivity contribution in [2.75, 3.05) is 11.8 Å². The summed E-state index contributed by atoms with van der Waals surface area (Å²) in [6.45, 7) is 3.19. The number of alkyl halides is 4. The Morgan fingerprint density at radius 3 is 1.45 bits per heavy atom. The molecule has 0 aliphatic carbocycles. The Morgan fingerprint density at radius 2 is 1.17 bits per heavy atom. The fourth-order valence-corrected chi connectivity index (χ4v) is 4.11. The Labute approximate surface area is 191 Å². The van der Waals surface area contributed by atoms with Crippen molar-refractivity contribution < 1.29 is 9.85 Å². The van der Waals surface area contributed by atoms with Crippen LogP contribution in [0.25, 0.3) is 0 Å². The van der Waals surface area contributed by atoms with E-state index < -0.39 is 19.6 Å². The lowest BCUT2D eigenvalue weighted by Crippen LogP contribution is -2.17. The van der Waals surface area contributed by atoms with Crippen LogP contribution in [0.3, 0.4) is 0 Å². The summed E-state index contributed by atoms with van der Waals surface area (Å²) in [5, 5.41) is 23.0. The summed E-state index contributed by atoms with van der Waals surface area (Å²) >= 11 is 25.4. The van der Waals surface area contributed by atoms with Gasteiger partial charge in [-0.05, 0) is 38.1 Å². The molecule has 156 valence electrons. The van der Waals surface area contributed by atoms with Gasteiger partial charge in [0, 0.05) is 33.7 Å². The number of nitrogens with zero attached hydrogens (tertiary/aromatic N) is 2. The van der Waals surface area contributed by atoms with E-state index in [1.54, 1.807) is 38.1 Å². The number of nitro benzene ring substituents is 2. The van der Waals surface area contributed by atoms with Crippen molar-refractivity contribution in [1.29, 1.82) is 0 Å². The van der Waals surface area contributed by atoms with Gasteiger partial charge in [0.05, 0.1) is 30.7 Å². The summed E-state index contributed by atoms with van der Waals surface area (Å²) in [6, 6.07) is 9.15. The molecule has 0 spiro atoms. The van der Waals surface area contributed by atoms with Crippen LogP contribution in [-0.2, 0) is 9.75 Å². The maximum Gasteiger partial charge on any atom is 0.275 e. The van der Waals surface area contributed by atoms with Gasteiger partial charge in [0.1, 0.15) is 0 Å². The standard InChI is InChI=1S/C18H16Cl4N2O4S/c1-17(21,9-19)13-5-3-11(7-15(13)23(25)26)29-12-4-6-14(18(2,22)10-20)16(8-12)24(27)28/h3-8H,9-10H2,1-2H3. The highest BCUT2D eigenvalue weighted by atomic mass is 35.5. The number of hydrogen-bond donors (Lipinski definition) is 0. The van der Waals surface area contributed by atoms with Crippen LogP contribution in [0.4, 0.5) is 11.4 Å². The highest BCUT2D eigenvalue weighted by Gasteiger charge is 2.32. The van der Waals surface area contributed by atoms with Crippen LogP contribution in [0.15, 0.2) is 46.2 Å². The molecule has 0 bridgehead atoms. The van der Waals surface area contributed by atoms with Gasteiger partial charge < -0.3 is 0 Å². The third kappa shape index (κ3) is 5.47. The number of nitro groups is 2. The Hall–Kier alpha value is -1.25. The van der Waals surface area contributed by atoms with Crippen LogP contribution in [-0.4, -0.2) is 21.6 Å². The summed E-state index contributed by atoms with van der Waals surface area (Å²) in [5.41, 5.74) is 0.249. The third-order valence-electron chi connectivity index (χ3n) is 4.19. The van der Waals surface area contributed by atoms with Gasteiger partial charge in [0.15, 0.2) is 0 Å². The highest BCUT2D eigenvalue weighted by Crippen LogP contribution is 2.42. The van der Waals surface area contributed by atoms with Crippen LogP contribution < -0.4 is 0 Å². The molecule has 29 heavy (non-hydrogen) atoms. The lowest BCUT2D eigenvalue weighted by Gasteiger charge is -2.20. The van der Waals surface area contributed by atoms with Crippen molar-refractivity contribution in [3.05, 3.63) is 67.8 Å².